The summed E-state index contributed by atoms with van der Waals surface area (Å²) in [5.41, 5.74) is -0.0667. The quantitative estimate of drug-likeness (QED) is 0.526. The highest BCUT2D eigenvalue weighted by Crippen LogP contribution is 2.17. The molecule has 0 bridgehead atoms. The number of hydroxylamine groups is 2. The van der Waals surface area contributed by atoms with Crippen molar-refractivity contribution in [2.45, 2.75) is 86.2 Å². The van der Waals surface area contributed by atoms with Gasteiger partial charge in [0, 0.05) is 26.6 Å². The number of rotatable bonds is 10. The summed E-state index contributed by atoms with van der Waals surface area (Å²) in [6.45, 7) is 15.3. The van der Waals surface area contributed by atoms with Crippen LogP contribution in [0.3, 0.4) is 0 Å². The van der Waals surface area contributed by atoms with Crippen molar-refractivity contribution >= 4 is 17.8 Å². The molecule has 0 saturated carbocycles. The molecule has 1 heterocycles. The van der Waals surface area contributed by atoms with Crippen molar-refractivity contribution in [1.82, 2.24) is 5.06 Å². The Bertz CT molecular complexity index is 474. The highest BCUT2D eigenvalue weighted by Gasteiger charge is 2.33. The highest BCUT2D eigenvalue weighted by molar-refractivity contribution is 6.01. The van der Waals surface area contributed by atoms with Gasteiger partial charge in [-0.25, -0.2) is 4.79 Å². The van der Waals surface area contributed by atoms with Crippen LogP contribution in [0.5, 0.6) is 0 Å². The van der Waals surface area contributed by atoms with Gasteiger partial charge >= 0.3 is 5.97 Å². The van der Waals surface area contributed by atoms with Gasteiger partial charge in [-0.2, -0.15) is 0 Å². The number of ether oxygens (including phenoxy) is 2. The molecule has 8 heteroatoms. The summed E-state index contributed by atoms with van der Waals surface area (Å²) in [7, 11) is 1.68. The van der Waals surface area contributed by atoms with Gasteiger partial charge in [0.25, 0.3) is 11.8 Å². The highest BCUT2D eigenvalue weighted by atomic mass is 16.7. The lowest BCUT2D eigenvalue weighted by molar-refractivity contribution is -0.200. The van der Waals surface area contributed by atoms with Gasteiger partial charge in [0.2, 0.25) is 0 Å². The molecule has 1 fully saturated rings. The molecule has 1 unspecified atom stereocenters. The Kier molecular flexibility index (Phi) is 17.6. The Labute approximate surface area is 182 Å². The largest absolute Gasteiger partial charge is 0.394 e. The van der Waals surface area contributed by atoms with Crippen LogP contribution < -0.4 is 0 Å². The van der Waals surface area contributed by atoms with Gasteiger partial charge in [-0.15, -0.1) is 5.06 Å². The molecule has 0 radical (unpaired) electrons. The Hall–Kier alpha value is -1.51. The van der Waals surface area contributed by atoms with Crippen molar-refractivity contribution < 1.29 is 33.8 Å². The molecule has 0 aliphatic carbocycles. The van der Waals surface area contributed by atoms with Crippen LogP contribution in [0, 0.1) is 11.8 Å². The van der Waals surface area contributed by atoms with Crippen LogP contribution in [-0.2, 0) is 28.7 Å². The van der Waals surface area contributed by atoms with E-state index in [1.807, 2.05) is 20.8 Å². The van der Waals surface area contributed by atoms with E-state index in [4.69, 9.17) is 14.7 Å². The van der Waals surface area contributed by atoms with E-state index < -0.39 is 17.8 Å². The number of nitrogens with zero attached hydrogens (tertiary/aromatic N) is 1. The fourth-order valence-corrected chi connectivity index (χ4v) is 1.96. The van der Waals surface area contributed by atoms with E-state index in [0.717, 1.165) is 19.4 Å². The summed E-state index contributed by atoms with van der Waals surface area (Å²) in [5, 5.41) is 9.01. The van der Waals surface area contributed by atoms with Gasteiger partial charge in [0.15, 0.2) is 0 Å². The fraction of sp³-hybridized carbons (Fsp3) is 0.864. The third-order valence-corrected chi connectivity index (χ3v) is 4.49. The Morgan fingerprint density at radius 2 is 1.60 bits per heavy atom. The lowest BCUT2D eigenvalue weighted by Gasteiger charge is -2.22. The molecule has 1 atom stereocenters. The first-order chi connectivity index (χ1) is 13.9. The summed E-state index contributed by atoms with van der Waals surface area (Å²) >= 11 is 0. The lowest BCUT2D eigenvalue weighted by atomic mass is 10.00. The van der Waals surface area contributed by atoms with Crippen LogP contribution in [0.2, 0.25) is 0 Å². The summed E-state index contributed by atoms with van der Waals surface area (Å²) in [5.74, 6) is -1.15. The van der Waals surface area contributed by atoms with Crippen LogP contribution in [0.25, 0.3) is 0 Å². The van der Waals surface area contributed by atoms with Crippen molar-refractivity contribution in [1.29, 1.82) is 0 Å². The smallest absolute Gasteiger partial charge is 0.335 e. The molecular formula is C22H43NO7. The minimum atomic E-state index is -0.505. The van der Waals surface area contributed by atoms with Crippen LogP contribution in [0.4, 0.5) is 0 Å². The van der Waals surface area contributed by atoms with Crippen LogP contribution >= 0.6 is 0 Å². The van der Waals surface area contributed by atoms with Crippen LogP contribution in [-0.4, -0.2) is 60.5 Å². The predicted molar refractivity (Wildman–Crippen MR) is 115 cm³/mol. The zero-order valence-corrected chi connectivity index (χ0v) is 20.2. The number of aliphatic hydroxyl groups excluding tert-OH is 1. The maximum absolute atomic E-state index is 11.6. The minimum absolute atomic E-state index is 0.0667. The van der Waals surface area contributed by atoms with Crippen LogP contribution in [0.15, 0.2) is 0 Å². The molecule has 1 aliphatic rings. The molecule has 0 aromatic heterocycles. The van der Waals surface area contributed by atoms with Gasteiger partial charge in [-0.05, 0) is 39.5 Å². The van der Waals surface area contributed by atoms with E-state index >= 15 is 0 Å². The van der Waals surface area contributed by atoms with Gasteiger partial charge in [-0.3, -0.25) is 9.59 Å². The van der Waals surface area contributed by atoms with E-state index in [1.165, 1.54) is 0 Å². The van der Waals surface area contributed by atoms with Crippen molar-refractivity contribution in [2.75, 3.05) is 26.9 Å². The van der Waals surface area contributed by atoms with Gasteiger partial charge in [0.1, 0.15) is 0 Å². The molecule has 1 aliphatic heterocycles. The zero-order valence-electron chi connectivity index (χ0n) is 20.2. The molecule has 30 heavy (non-hydrogen) atoms. The van der Waals surface area contributed by atoms with Gasteiger partial charge < -0.3 is 19.4 Å². The summed E-state index contributed by atoms with van der Waals surface area (Å²) in [6, 6.07) is 0. The van der Waals surface area contributed by atoms with Gasteiger partial charge in [-0.1, -0.05) is 34.1 Å². The Balaban J connectivity index is 0. The zero-order chi connectivity index (χ0) is 23.7. The molecule has 0 spiro atoms. The minimum Gasteiger partial charge on any atom is -0.394 e. The second-order valence-corrected chi connectivity index (χ2v) is 8.13. The second-order valence-electron chi connectivity index (χ2n) is 8.13. The number of carbonyl (C=O) groups is 3. The molecule has 8 nitrogen and oxygen atoms in total. The predicted octanol–water partition coefficient (Wildman–Crippen LogP) is 3.50. The number of hydrogen-bond acceptors (Lipinski definition) is 7. The third-order valence-electron chi connectivity index (χ3n) is 4.49. The SMILES string of the molecule is CC(C)CCC(C)C(=O)ON1C(=O)CCC1=O.CCC(C)(C)OCCO.CCOC. The number of imide groups is 1. The monoisotopic (exact) mass is 433 g/mol. The van der Waals surface area contributed by atoms with E-state index in [0.29, 0.717) is 24.0 Å². The molecule has 0 aromatic rings. The first kappa shape index (κ1) is 30.7. The number of carbonyl (C=O) groups excluding carboxylic acids is 3. The molecule has 0 aromatic carbocycles. The van der Waals surface area contributed by atoms with Crippen molar-refractivity contribution in [3.05, 3.63) is 0 Å². The van der Waals surface area contributed by atoms with E-state index in [-0.39, 0.29) is 31.0 Å². The number of amides is 2. The first-order valence-electron chi connectivity index (χ1n) is 10.8. The van der Waals surface area contributed by atoms with Crippen molar-refractivity contribution in [3.8, 4) is 0 Å². The van der Waals surface area contributed by atoms with E-state index in [9.17, 15) is 14.4 Å². The number of aliphatic hydroxyl groups is 1. The van der Waals surface area contributed by atoms with E-state index in [1.54, 1.807) is 14.0 Å². The van der Waals surface area contributed by atoms with E-state index in [2.05, 4.69) is 25.5 Å². The molecule has 178 valence electrons. The number of hydrogen-bond donors (Lipinski definition) is 1. The Morgan fingerprint density at radius 1 is 1.10 bits per heavy atom. The molecule has 1 N–H and O–H groups in total. The molecule has 1 rings (SSSR count). The Morgan fingerprint density at radius 3 is 1.97 bits per heavy atom. The maximum atomic E-state index is 11.6. The van der Waals surface area contributed by atoms with Gasteiger partial charge in [0.05, 0.1) is 24.7 Å². The van der Waals surface area contributed by atoms with Crippen LogP contribution in [0.1, 0.15) is 80.6 Å². The first-order valence-corrected chi connectivity index (χ1v) is 10.8. The average molecular weight is 434 g/mol. The molecule has 1 saturated heterocycles. The average Bonchev–Trinajstić information content (AvgIpc) is 3.03. The fourth-order valence-electron chi connectivity index (χ4n) is 1.96. The lowest BCUT2D eigenvalue weighted by Crippen LogP contribution is -2.34. The summed E-state index contributed by atoms with van der Waals surface area (Å²) < 4.78 is 9.82. The topological polar surface area (TPSA) is 102 Å². The number of methoxy groups -OCH3 is 1. The normalized spacial score (nSPS) is 14.7. The van der Waals surface area contributed by atoms with Crippen molar-refractivity contribution in [3.63, 3.8) is 0 Å². The summed E-state index contributed by atoms with van der Waals surface area (Å²) in [4.78, 5) is 38.9. The maximum Gasteiger partial charge on any atom is 0.335 e. The molecule has 2 amide bonds. The standard InChI is InChI=1S/C12H19NO4.C7H16O2.C3H8O/c1-8(2)4-5-9(3)12(16)17-13-10(14)6-7-11(13)15;1-4-7(2,3)9-6-5-8;1-3-4-2/h8-9H,4-7H2,1-3H3;8H,4-6H2,1-3H3;3H2,1-2H3. The summed E-state index contributed by atoms with van der Waals surface area (Å²) in [6.07, 6.45) is 2.86. The van der Waals surface area contributed by atoms with Crippen molar-refractivity contribution in [2.24, 2.45) is 11.8 Å². The second kappa shape index (κ2) is 17.2. The molecular weight excluding hydrogens is 390 g/mol. The third kappa shape index (κ3) is 15.3.